The first kappa shape index (κ1) is 10.3. The van der Waals surface area contributed by atoms with Crippen LogP contribution in [-0.2, 0) is 4.74 Å². The summed E-state index contributed by atoms with van der Waals surface area (Å²) < 4.78 is 4.62. The monoisotopic (exact) mass is 188 g/mol. The number of carbonyl (C=O) groups is 1. The van der Waals surface area contributed by atoms with E-state index in [1.807, 2.05) is 13.8 Å². The minimum absolute atomic E-state index is 0.357. The lowest BCUT2D eigenvalue weighted by molar-refractivity contribution is 0.0600. The van der Waals surface area contributed by atoms with Gasteiger partial charge in [0, 0.05) is 5.56 Å². The quantitative estimate of drug-likeness (QED) is 0.498. The van der Waals surface area contributed by atoms with Crippen LogP contribution in [0.5, 0.6) is 0 Å². The van der Waals surface area contributed by atoms with Crippen LogP contribution in [0.1, 0.15) is 27.0 Å². The summed E-state index contributed by atoms with van der Waals surface area (Å²) in [5.74, 6) is 2.19. The highest BCUT2D eigenvalue weighted by atomic mass is 16.5. The van der Waals surface area contributed by atoms with Crippen molar-refractivity contribution in [3.63, 3.8) is 0 Å². The maximum atomic E-state index is 11.3. The first-order chi connectivity index (χ1) is 6.60. The van der Waals surface area contributed by atoms with Crippen LogP contribution in [0.3, 0.4) is 0 Å². The van der Waals surface area contributed by atoms with E-state index in [9.17, 15) is 4.79 Å². The van der Waals surface area contributed by atoms with Crippen LogP contribution in [0, 0.1) is 26.2 Å². The van der Waals surface area contributed by atoms with Crippen molar-refractivity contribution in [3.8, 4) is 12.3 Å². The van der Waals surface area contributed by atoms with E-state index in [1.54, 1.807) is 12.1 Å². The highest BCUT2D eigenvalue weighted by Crippen LogP contribution is 2.16. The Balaban J connectivity index is 3.32. The van der Waals surface area contributed by atoms with Crippen molar-refractivity contribution in [2.24, 2.45) is 0 Å². The Hall–Kier alpha value is -1.75. The first-order valence-electron chi connectivity index (χ1n) is 4.26. The molecule has 0 heterocycles. The molecule has 0 bridgehead atoms. The Labute approximate surface area is 83.9 Å². The van der Waals surface area contributed by atoms with Gasteiger partial charge in [-0.25, -0.2) is 4.79 Å². The van der Waals surface area contributed by atoms with E-state index in [0.717, 1.165) is 16.7 Å². The van der Waals surface area contributed by atoms with Crippen molar-refractivity contribution in [2.75, 3.05) is 7.11 Å². The maximum absolute atomic E-state index is 11.3. The van der Waals surface area contributed by atoms with E-state index >= 15 is 0 Å². The Morgan fingerprint density at radius 3 is 2.57 bits per heavy atom. The van der Waals surface area contributed by atoms with Gasteiger partial charge in [0.1, 0.15) is 0 Å². The third-order valence-electron chi connectivity index (χ3n) is 2.24. The Morgan fingerprint density at radius 2 is 2.07 bits per heavy atom. The Bertz CT molecular complexity index is 411. The lowest BCUT2D eigenvalue weighted by Gasteiger charge is -2.06. The van der Waals surface area contributed by atoms with Gasteiger partial charge in [0.05, 0.1) is 12.7 Å². The van der Waals surface area contributed by atoms with Crippen LogP contribution in [0.2, 0.25) is 0 Å². The molecule has 1 rings (SSSR count). The number of aryl methyl sites for hydroxylation is 1. The summed E-state index contributed by atoms with van der Waals surface area (Å²) in [6, 6.07) is 3.45. The summed E-state index contributed by atoms with van der Waals surface area (Å²) in [6.07, 6.45) is 5.33. The summed E-state index contributed by atoms with van der Waals surface area (Å²) in [5, 5.41) is 0. The number of hydrogen-bond donors (Lipinski definition) is 0. The van der Waals surface area contributed by atoms with Gasteiger partial charge in [0.15, 0.2) is 0 Å². The Morgan fingerprint density at radius 1 is 1.43 bits per heavy atom. The molecule has 0 radical (unpaired) electrons. The largest absolute Gasteiger partial charge is 0.465 e. The van der Waals surface area contributed by atoms with Gasteiger partial charge in [-0.2, -0.15) is 0 Å². The molecule has 72 valence electrons. The predicted molar refractivity (Wildman–Crippen MR) is 55.2 cm³/mol. The number of rotatable bonds is 1. The van der Waals surface area contributed by atoms with Crippen molar-refractivity contribution in [1.29, 1.82) is 0 Å². The van der Waals surface area contributed by atoms with Crippen LogP contribution in [-0.4, -0.2) is 13.1 Å². The summed E-state index contributed by atoms with van der Waals surface area (Å²) >= 11 is 0. The van der Waals surface area contributed by atoms with E-state index in [-0.39, 0.29) is 5.97 Å². The molecule has 1 aromatic carbocycles. The van der Waals surface area contributed by atoms with Crippen LogP contribution in [0.25, 0.3) is 0 Å². The predicted octanol–water partition coefficient (Wildman–Crippen LogP) is 2.07. The van der Waals surface area contributed by atoms with Gasteiger partial charge in [-0.15, -0.1) is 6.42 Å². The van der Waals surface area contributed by atoms with Gasteiger partial charge in [0.2, 0.25) is 0 Å². The number of carbonyl (C=O) groups excluding carboxylic acids is 1. The molecular weight excluding hydrogens is 176 g/mol. The van der Waals surface area contributed by atoms with Gasteiger partial charge >= 0.3 is 5.97 Å². The van der Waals surface area contributed by atoms with Gasteiger partial charge in [-0.1, -0.05) is 5.92 Å². The molecule has 2 nitrogen and oxygen atoms in total. The lowest BCUT2D eigenvalue weighted by Crippen LogP contribution is -2.03. The van der Waals surface area contributed by atoms with Crippen molar-refractivity contribution in [2.45, 2.75) is 13.8 Å². The van der Waals surface area contributed by atoms with Crippen molar-refractivity contribution in [1.82, 2.24) is 0 Å². The summed E-state index contributed by atoms with van der Waals surface area (Å²) in [7, 11) is 1.35. The molecule has 2 heteroatoms. The zero-order valence-electron chi connectivity index (χ0n) is 8.55. The molecule has 0 saturated heterocycles. The normalized spacial score (nSPS) is 9.29. The molecule has 0 N–H and O–H groups in total. The fourth-order valence-corrected chi connectivity index (χ4v) is 1.24. The van der Waals surface area contributed by atoms with Crippen LogP contribution in [0.15, 0.2) is 12.1 Å². The molecular formula is C12H12O2. The summed E-state index contributed by atoms with van der Waals surface area (Å²) in [6.45, 7) is 3.86. The van der Waals surface area contributed by atoms with Crippen LogP contribution in [0.4, 0.5) is 0 Å². The second-order valence-corrected chi connectivity index (χ2v) is 3.10. The number of benzene rings is 1. The van der Waals surface area contributed by atoms with Gasteiger partial charge in [-0.3, -0.25) is 0 Å². The van der Waals surface area contributed by atoms with E-state index in [0.29, 0.717) is 5.56 Å². The standard InChI is InChI=1S/C12H12O2/c1-5-10-7-11(12(13)14-4)6-8(2)9(10)3/h1,6-7H,2-4H3. The molecule has 0 aliphatic heterocycles. The van der Waals surface area contributed by atoms with Crippen molar-refractivity contribution >= 4 is 5.97 Å². The van der Waals surface area contributed by atoms with E-state index < -0.39 is 0 Å². The fraction of sp³-hybridized carbons (Fsp3) is 0.250. The first-order valence-corrected chi connectivity index (χ1v) is 4.26. The molecule has 0 fully saturated rings. The number of esters is 1. The van der Waals surface area contributed by atoms with Crippen molar-refractivity contribution in [3.05, 3.63) is 34.4 Å². The molecule has 0 amide bonds. The molecule has 0 atom stereocenters. The maximum Gasteiger partial charge on any atom is 0.337 e. The highest BCUT2D eigenvalue weighted by molar-refractivity contribution is 5.90. The average molecular weight is 188 g/mol. The fourth-order valence-electron chi connectivity index (χ4n) is 1.24. The average Bonchev–Trinajstić information content (AvgIpc) is 2.20. The van der Waals surface area contributed by atoms with Gasteiger partial charge in [-0.05, 0) is 37.1 Å². The van der Waals surface area contributed by atoms with Crippen LogP contribution >= 0.6 is 0 Å². The third-order valence-corrected chi connectivity index (χ3v) is 2.24. The number of ether oxygens (including phenoxy) is 1. The van der Waals surface area contributed by atoms with Crippen LogP contribution < -0.4 is 0 Å². The second kappa shape index (κ2) is 3.97. The number of hydrogen-bond acceptors (Lipinski definition) is 2. The molecule has 0 aromatic heterocycles. The molecule has 0 saturated carbocycles. The number of methoxy groups -OCH3 is 1. The molecule has 0 unspecified atom stereocenters. The van der Waals surface area contributed by atoms with Crippen molar-refractivity contribution < 1.29 is 9.53 Å². The highest BCUT2D eigenvalue weighted by Gasteiger charge is 2.09. The smallest absolute Gasteiger partial charge is 0.337 e. The lowest BCUT2D eigenvalue weighted by atomic mass is 10.00. The van der Waals surface area contributed by atoms with Gasteiger partial charge in [0.25, 0.3) is 0 Å². The molecule has 14 heavy (non-hydrogen) atoms. The SMILES string of the molecule is C#Cc1cc(C(=O)OC)cc(C)c1C. The molecule has 1 aromatic rings. The Kier molecular flexibility index (Phi) is 2.93. The molecule has 0 aliphatic carbocycles. The zero-order chi connectivity index (χ0) is 10.7. The molecule has 0 aliphatic rings. The number of terminal acetylenes is 1. The van der Waals surface area contributed by atoms with E-state index in [4.69, 9.17) is 6.42 Å². The third kappa shape index (κ3) is 1.77. The van der Waals surface area contributed by atoms with E-state index in [1.165, 1.54) is 7.11 Å². The minimum Gasteiger partial charge on any atom is -0.465 e. The van der Waals surface area contributed by atoms with Gasteiger partial charge < -0.3 is 4.74 Å². The topological polar surface area (TPSA) is 26.3 Å². The summed E-state index contributed by atoms with van der Waals surface area (Å²) in [5.41, 5.74) is 3.27. The second-order valence-electron chi connectivity index (χ2n) is 3.10. The molecule has 0 spiro atoms. The summed E-state index contributed by atoms with van der Waals surface area (Å²) in [4.78, 5) is 11.3. The van der Waals surface area contributed by atoms with E-state index in [2.05, 4.69) is 10.7 Å². The minimum atomic E-state index is -0.357. The zero-order valence-corrected chi connectivity index (χ0v) is 8.55.